The first-order valence-corrected chi connectivity index (χ1v) is 10.3. The molecule has 0 spiro atoms. The van der Waals surface area contributed by atoms with Crippen molar-refractivity contribution in [3.05, 3.63) is 57.7 Å². The van der Waals surface area contributed by atoms with Crippen LogP contribution in [-0.4, -0.2) is 4.57 Å². The van der Waals surface area contributed by atoms with Gasteiger partial charge >= 0.3 is 0 Å². The van der Waals surface area contributed by atoms with Crippen molar-refractivity contribution in [1.29, 1.82) is 0 Å². The average Bonchev–Trinajstić information content (AvgIpc) is 2.70. The molecule has 0 bridgehead atoms. The van der Waals surface area contributed by atoms with Gasteiger partial charge in [0, 0.05) is 17.8 Å². The van der Waals surface area contributed by atoms with E-state index in [0.717, 1.165) is 41.1 Å². The molecule has 0 N–H and O–H groups in total. The fourth-order valence-corrected chi connectivity index (χ4v) is 3.95. The summed E-state index contributed by atoms with van der Waals surface area (Å²) in [4.78, 5) is 13.5. The third-order valence-electron chi connectivity index (χ3n) is 7.13. The number of hydrogen-bond acceptors (Lipinski definition) is 1. The predicted octanol–water partition coefficient (Wildman–Crippen LogP) is 6.46. The van der Waals surface area contributed by atoms with Crippen LogP contribution >= 0.6 is 0 Å². The molecular weight excluding hydrogens is 330 g/mol. The lowest BCUT2D eigenvalue weighted by atomic mass is 9.77. The molecule has 0 fully saturated rings. The molecule has 2 heteroatoms. The molecule has 2 aromatic carbocycles. The zero-order valence-corrected chi connectivity index (χ0v) is 17.9. The van der Waals surface area contributed by atoms with Crippen molar-refractivity contribution < 1.29 is 0 Å². The number of hydrogen-bond donors (Lipinski definition) is 0. The molecule has 0 saturated carbocycles. The summed E-state index contributed by atoms with van der Waals surface area (Å²) in [5, 5.41) is 1.66. The third-order valence-corrected chi connectivity index (χ3v) is 7.13. The van der Waals surface area contributed by atoms with Crippen LogP contribution in [0.3, 0.4) is 0 Å². The van der Waals surface area contributed by atoms with Crippen LogP contribution in [0.5, 0.6) is 0 Å². The second-order valence-electron chi connectivity index (χ2n) is 8.86. The van der Waals surface area contributed by atoms with E-state index in [0.29, 0.717) is 0 Å². The first-order valence-electron chi connectivity index (χ1n) is 10.3. The fourth-order valence-electron chi connectivity index (χ4n) is 3.95. The summed E-state index contributed by atoms with van der Waals surface area (Å²) < 4.78 is 2.16. The van der Waals surface area contributed by atoms with E-state index in [2.05, 4.69) is 89.6 Å². The highest BCUT2D eigenvalue weighted by Gasteiger charge is 2.24. The van der Waals surface area contributed by atoms with Crippen molar-refractivity contribution in [1.82, 2.24) is 4.57 Å². The molecule has 0 amide bonds. The summed E-state index contributed by atoms with van der Waals surface area (Å²) in [5.41, 5.74) is 4.85. The van der Waals surface area contributed by atoms with E-state index >= 15 is 0 Å². The van der Waals surface area contributed by atoms with Gasteiger partial charge in [-0.15, -0.1) is 0 Å². The van der Waals surface area contributed by atoms with Crippen LogP contribution in [0.25, 0.3) is 21.8 Å². The van der Waals surface area contributed by atoms with Gasteiger partial charge in [0.15, 0.2) is 5.43 Å². The Morgan fingerprint density at radius 3 is 1.74 bits per heavy atom. The number of benzene rings is 2. The van der Waals surface area contributed by atoms with E-state index in [1.165, 1.54) is 11.1 Å². The molecule has 3 rings (SSSR count). The Labute approximate surface area is 163 Å². The molecule has 1 aromatic heterocycles. The lowest BCUT2D eigenvalue weighted by molar-refractivity contribution is 0.439. The summed E-state index contributed by atoms with van der Waals surface area (Å²) in [6.07, 6.45) is 3.18. The van der Waals surface area contributed by atoms with Gasteiger partial charge in [-0.1, -0.05) is 53.7 Å². The molecule has 27 heavy (non-hydrogen) atoms. The molecule has 0 aliphatic heterocycles. The number of aryl methyl sites for hydroxylation is 1. The smallest absolute Gasteiger partial charge is 0.197 e. The molecule has 0 saturated heterocycles. The molecule has 0 aliphatic carbocycles. The number of aromatic nitrogens is 1. The number of nitrogens with zero attached hydrogens (tertiary/aromatic N) is 1. The molecule has 3 aromatic rings. The quantitative estimate of drug-likeness (QED) is 0.477. The Bertz CT molecular complexity index is 1050. The molecular formula is C25H33NO. The maximum absolute atomic E-state index is 13.5. The van der Waals surface area contributed by atoms with Gasteiger partial charge in [0.1, 0.15) is 0 Å². The maximum Gasteiger partial charge on any atom is 0.197 e. The zero-order valence-electron chi connectivity index (χ0n) is 17.9. The standard InChI is InChI=1S/C25H33NO/c1-8-24(4,5)17-11-13-21-19(15-17)23(27)20-16-18(25(6,9-2)10-3)12-14-22(20)26(21)7/h11-16H,8-10H2,1-7H3. The summed E-state index contributed by atoms with van der Waals surface area (Å²) in [6.45, 7) is 13.4. The third kappa shape index (κ3) is 3.09. The van der Waals surface area contributed by atoms with E-state index in [-0.39, 0.29) is 16.3 Å². The van der Waals surface area contributed by atoms with Gasteiger partial charge in [0.05, 0.1) is 11.0 Å². The number of fused-ring (bicyclic) bond motifs is 2. The van der Waals surface area contributed by atoms with Crippen LogP contribution in [0.4, 0.5) is 0 Å². The van der Waals surface area contributed by atoms with E-state index in [1.54, 1.807) is 0 Å². The summed E-state index contributed by atoms with van der Waals surface area (Å²) in [5.74, 6) is 0. The Kier molecular flexibility index (Phi) is 4.96. The van der Waals surface area contributed by atoms with Crippen LogP contribution in [0.15, 0.2) is 41.2 Å². The Balaban J connectivity index is 2.36. The van der Waals surface area contributed by atoms with Crippen molar-refractivity contribution in [2.24, 2.45) is 7.05 Å². The SMILES string of the molecule is CCC(C)(C)c1ccc2c(c1)c(=O)c1cc(C(C)(CC)CC)ccc1n2C. The average molecular weight is 364 g/mol. The normalized spacial score (nSPS) is 12.9. The molecule has 0 unspecified atom stereocenters. The molecule has 0 aliphatic rings. The van der Waals surface area contributed by atoms with Crippen LogP contribution in [0, 0.1) is 0 Å². The van der Waals surface area contributed by atoms with Gasteiger partial charge in [0.2, 0.25) is 0 Å². The van der Waals surface area contributed by atoms with Crippen molar-refractivity contribution in [3.8, 4) is 0 Å². The van der Waals surface area contributed by atoms with Gasteiger partial charge in [-0.3, -0.25) is 4.79 Å². The van der Waals surface area contributed by atoms with Crippen molar-refractivity contribution >= 4 is 21.8 Å². The second kappa shape index (κ2) is 6.82. The molecule has 144 valence electrons. The summed E-state index contributed by atoms with van der Waals surface area (Å²) >= 11 is 0. The fraction of sp³-hybridized carbons (Fsp3) is 0.480. The minimum absolute atomic E-state index is 0.0685. The van der Waals surface area contributed by atoms with Crippen LogP contribution in [0.1, 0.15) is 71.9 Å². The van der Waals surface area contributed by atoms with E-state index < -0.39 is 0 Å². The topological polar surface area (TPSA) is 22.0 Å². The second-order valence-corrected chi connectivity index (χ2v) is 8.86. The highest BCUT2D eigenvalue weighted by Crippen LogP contribution is 2.33. The lowest BCUT2D eigenvalue weighted by Gasteiger charge is -2.28. The highest BCUT2D eigenvalue weighted by molar-refractivity contribution is 5.94. The molecule has 0 radical (unpaired) electrons. The largest absolute Gasteiger partial charge is 0.343 e. The van der Waals surface area contributed by atoms with E-state index in [1.807, 2.05) is 0 Å². The van der Waals surface area contributed by atoms with Gasteiger partial charge < -0.3 is 4.57 Å². The van der Waals surface area contributed by atoms with Gasteiger partial charge in [-0.2, -0.15) is 0 Å². The van der Waals surface area contributed by atoms with Crippen LogP contribution in [0.2, 0.25) is 0 Å². The minimum atomic E-state index is 0.0685. The van der Waals surface area contributed by atoms with Crippen LogP contribution < -0.4 is 5.43 Å². The van der Waals surface area contributed by atoms with Crippen molar-refractivity contribution in [2.45, 2.75) is 71.6 Å². The number of rotatable bonds is 5. The van der Waals surface area contributed by atoms with Crippen LogP contribution in [-0.2, 0) is 17.9 Å². The first kappa shape index (κ1) is 19.7. The first-order chi connectivity index (χ1) is 12.7. The molecule has 0 atom stereocenters. The monoisotopic (exact) mass is 363 g/mol. The van der Waals surface area contributed by atoms with Gasteiger partial charge in [0.25, 0.3) is 0 Å². The highest BCUT2D eigenvalue weighted by atomic mass is 16.1. The lowest BCUT2D eigenvalue weighted by Crippen LogP contribution is -2.20. The molecule has 2 nitrogen and oxygen atoms in total. The van der Waals surface area contributed by atoms with E-state index in [4.69, 9.17) is 0 Å². The molecule has 1 heterocycles. The van der Waals surface area contributed by atoms with Crippen molar-refractivity contribution in [2.75, 3.05) is 0 Å². The predicted molar refractivity (Wildman–Crippen MR) is 118 cm³/mol. The Hall–Kier alpha value is -2.09. The maximum atomic E-state index is 13.5. The summed E-state index contributed by atoms with van der Waals surface area (Å²) in [7, 11) is 2.06. The minimum Gasteiger partial charge on any atom is -0.343 e. The zero-order chi connectivity index (χ0) is 20.0. The van der Waals surface area contributed by atoms with Crippen molar-refractivity contribution in [3.63, 3.8) is 0 Å². The summed E-state index contributed by atoms with van der Waals surface area (Å²) in [6, 6.07) is 12.9. The Morgan fingerprint density at radius 1 is 0.778 bits per heavy atom. The van der Waals surface area contributed by atoms with Gasteiger partial charge in [-0.05, 0) is 65.5 Å². The van der Waals surface area contributed by atoms with Gasteiger partial charge in [-0.25, -0.2) is 0 Å². The Morgan fingerprint density at radius 2 is 1.26 bits per heavy atom. The van der Waals surface area contributed by atoms with E-state index in [9.17, 15) is 4.79 Å². The number of pyridine rings is 1.